The van der Waals surface area contributed by atoms with Crippen LogP contribution in [0.25, 0.3) is 105 Å². The molecule has 4 aliphatic rings. The zero-order chi connectivity index (χ0) is 45.6. The van der Waals surface area contributed by atoms with Crippen molar-refractivity contribution in [2.75, 3.05) is 6.54 Å². The van der Waals surface area contributed by atoms with Gasteiger partial charge in [0.1, 0.15) is 0 Å². The Kier molecular flexibility index (Phi) is 8.97. The number of benzene rings is 9. The number of aromatic amines is 1. The molecule has 324 valence electrons. The van der Waals surface area contributed by atoms with Crippen LogP contribution in [0.15, 0.2) is 225 Å². The Morgan fingerprint density at radius 2 is 1.10 bits per heavy atom. The minimum Gasteiger partial charge on any atom is -0.384 e. The van der Waals surface area contributed by atoms with Crippen LogP contribution in [0, 0.1) is 0 Å². The predicted molar refractivity (Wildman–Crippen MR) is 292 cm³/mol. The number of rotatable bonds is 6. The Labute approximate surface area is 402 Å². The molecule has 0 fully saturated rings. The normalized spacial score (nSPS) is 17.5. The molecule has 2 nitrogen and oxygen atoms in total. The zero-order valence-electron chi connectivity index (χ0n) is 38.1. The SMILES string of the molecule is C=C1/C(c2ccccc2)=C2\C(=C(\c3ccccc3)C/C=C3/c4ccc(-c5ccccc5-c5ccc[nH]5)cc4-c4cccc1c43)c1ccc(-c3ccccc3C3=CCCN3)c3c1c2cc1ccccc13. The maximum atomic E-state index is 5.20. The second kappa shape index (κ2) is 15.7. The highest BCUT2D eigenvalue weighted by Crippen LogP contribution is 2.59. The molecule has 14 rings (SSSR count). The average molecular weight is 879 g/mol. The minimum absolute atomic E-state index is 0.733. The molecule has 1 aliphatic heterocycles. The van der Waals surface area contributed by atoms with Crippen molar-refractivity contribution < 1.29 is 0 Å². The lowest BCUT2D eigenvalue weighted by Gasteiger charge is -2.24. The van der Waals surface area contributed by atoms with E-state index in [1.807, 2.05) is 6.20 Å². The van der Waals surface area contributed by atoms with E-state index in [-0.39, 0.29) is 0 Å². The van der Waals surface area contributed by atoms with Crippen LogP contribution in [0.5, 0.6) is 0 Å². The smallest absolute Gasteiger partial charge is 0.0460 e. The van der Waals surface area contributed by atoms with Crippen molar-refractivity contribution in [3.05, 3.63) is 270 Å². The fourth-order valence-corrected chi connectivity index (χ4v) is 12.1. The van der Waals surface area contributed by atoms with Crippen LogP contribution in [0.2, 0.25) is 0 Å². The van der Waals surface area contributed by atoms with Crippen LogP contribution in [0.4, 0.5) is 0 Å². The van der Waals surface area contributed by atoms with Crippen molar-refractivity contribution >= 4 is 60.7 Å². The summed E-state index contributed by atoms with van der Waals surface area (Å²) in [5.41, 5.74) is 28.0. The molecule has 0 amide bonds. The van der Waals surface area contributed by atoms with Gasteiger partial charge in [0.2, 0.25) is 0 Å². The maximum Gasteiger partial charge on any atom is 0.0460 e. The summed E-state index contributed by atoms with van der Waals surface area (Å²) >= 11 is 0. The minimum atomic E-state index is 0.733. The monoisotopic (exact) mass is 878 g/mol. The molecule has 0 bridgehead atoms. The first-order valence-corrected chi connectivity index (χ1v) is 24.2. The molecule has 0 unspecified atom stereocenters. The summed E-state index contributed by atoms with van der Waals surface area (Å²) in [4.78, 5) is 3.46. The topological polar surface area (TPSA) is 27.8 Å². The lowest BCUT2D eigenvalue weighted by Crippen LogP contribution is -2.07. The Morgan fingerprint density at radius 3 is 1.90 bits per heavy atom. The van der Waals surface area contributed by atoms with E-state index in [9.17, 15) is 0 Å². The van der Waals surface area contributed by atoms with Gasteiger partial charge in [-0.3, -0.25) is 0 Å². The van der Waals surface area contributed by atoms with E-state index in [2.05, 4.69) is 223 Å². The summed E-state index contributed by atoms with van der Waals surface area (Å²) in [7, 11) is 0. The van der Waals surface area contributed by atoms with E-state index in [1.165, 1.54) is 127 Å². The largest absolute Gasteiger partial charge is 0.384 e. The van der Waals surface area contributed by atoms with Crippen LogP contribution < -0.4 is 5.32 Å². The van der Waals surface area contributed by atoms with Gasteiger partial charge in [-0.25, -0.2) is 0 Å². The Morgan fingerprint density at radius 1 is 0.406 bits per heavy atom. The number of H-pyrrole nitrogens is 1. The molecule has 3 aliphatic carbocycles. The van der Waals surface area contributed by atoms with Crippen LogP contribution in [0.3, 0.4) is 0 Å². The molecule has 2 heteroatoms. The second-order valence-corrected chi connectivity index (χ2v) is 18.7. The molecule has 0 saturated carbocycles. The first-order chi connectivity index (χ1) is 34.2. The highest BCUT2D eigenvalue weighted by Gasteiger charge is 2.36. The van der Waals surface area contributed by atoms with Crippen LogP contribution in [-0.4, -0.2) is 11.5 Å². The number of nitrogens with one attached hydrogen (secondary N) is 2. The van der Waals surface area contributed by atoms with Crippen LogP contribution in [-0.2, 0) is 0 Å². The van der Waals surface area contributed by atoms with Gasteiger partial charge in [0.15, 0.2) is 0 Å². The molecule has 9 aromatic carbocycles. The van der Waals surface area contributed by atoms with Crippen LogP contribution >= 0.6 is 0 Å². The standard InChI is InChI=1S/C67H46N2/c1-41-46-27-14-28-54-58-39-45(47-22-10-12-25-52(47)60-29-15-37-68-60)31-32-51(58)55(63(46)54)34-33-49(42-17-4-2-5-18-42)65-57-36-35-56(50-24-11-13-26-53(50)61-30-16-38-69-61)64-48-23-9-8-21-44(48)40-59(66(57)64)67(65)62(41)43-19-6-3-7-20-43/h2-15,17-32,34-37,39-40,68-69H,1,16,33,38H2/b55-34-,65-49+,67-62+. The highest BCUT2D eigenvalue weighted by atomic mass is 14.9. The summed E-state index contributed by atoms with van der Waals surface area (Å²) in [6.45, 7) is 6.16. The van der Waals surface area contributed by atoms with Gasteiger partial charge >= 0.3 is 0 Å². The Bertz CT molecular complexity index is 3930. The van der Waals surface area contributed by atoms with Crippen molar-refractivity contribution in [1.82, 2.24) is 10.3 Å². The number of allylic oxidation sites excluding steroid dienone is 6. The predicted octanol–water partition coefficient (Wildman–Crippen LogP) is 17.0. The molecule has 0 radical (unpaired) electrons. The molecule has 1 aromatic heterocycles. The fourth-order valence-electron chi connectivity index (χ4n) is 12.1. The maximum absolute atomic E-state index is 5.20. The van der Waals surface area contributed by atoms with E-state index < -0.39 is 0 Å². The average Bonchev–Trinajstić information content (AvgIpc) is 4.25. The van der Waals surface area contributed by atoms with E-state index in [4.69, 9.17) is 6.58 Å². The Balaban J connectivity index is 1.09. The summed E-state index contributed by atoms with van der Waals surface area (Å²) in [5.74, 6) is 0. The molecule has 2 heterocycles. The van der Waals surface area contributed by atoms with E-state index in [1.54, 1.807) is 0 Å². The van der Waals surface area contributed by atoms with Gasteiger partial charge < -0.3 is 10.3 Å². The number of hydrogen-bond acceptors (Lipinski definition) is 1. The summed E-state index contributed by atoms with van der Waals surface area (Å²) in [6.07, 6.45) is 8.64. The third-order valence-corrected chi connectivity index (χ3v) is 15.0. The quantitative estimate of drug-likeness (QED) is 0.160. The van der Waals surface area contributed by atoms with Crippen molar-refractivity contribution in [3.8, 4) is 44.6 Å². The van der Waals surface area contributed by atoms with Gasteiger partial charge in [-0.2, -0.15) is 0 Å². The molecule has 69 heavy (non-hydrogen) atoms. The molecule has 0 saturated heterocycles. The van der Waals surface area contributed by atoms with E-state index in [0.29, 0.717) is 0 Å². The molecule has 0 spiro atoms. The van der Waals surface area contributed by atoms with Gasteiger partial charge in [0.05, 0.1) is 0 Å². The lowest BCUT2D eigenvalue weighted by atomic mass is 9.79. The summed E-state index contributed by atoms with van der Waals surface area (Å²) in [6, 6.07) is 74.4. The van der Waals surface area contributed by atoms with Crippen molar-refractivity contribution in [1.29, 1.82) is 0 Å². The third kappa shape index (κ3) is 6.05. The molecular weight excluding hydrogens is 833 g/mol. The number of hydrogen-bond donors (Lipinski definition) is 2. The number of aromatic nitrogens is 1. The van der Waals surface area contributed by atoms with Gasteiger partial charge in [0, 0.05) is 35.3 Å². The van der Waals surface area contributed by atoms with Crippen molar-refractivity contribution in [2.24, 2.45) is 0 Å². The van der Waals surface area contributed by atoms with E-state index >= 15 is 0 Å². The van der Waals surface area contributed by atoms with Gasteiger partial charge in [-0.15, -0.1) is 0 Å². The molecule has 0 atom stereocenters. The Hall–Kier alpha value is -8.72. The van der Waals surface area contributed by atoms with E-state index in [0.717, 1.165) is 41.8 Å². The lowest BCUT2D eigenvalue weighted by molar-refractivity contribution is 0.928. The van der Waals surface area contributed by atoms with Gasteiger partial charge in [-0.05, 0) is 164 Å². The highest BCUT2D eigenvalue weighted by molar-refractivity contribution is 6.39. The van der Waals surface area contributed by atoms with Crippen molar-refractivity contribution in [2.45, 2.75) is 12.8 Å². The fraction of sp³-hybridized carbons (Fsp3) is 0.0448. The van der Waals surface area contributed by atoms with Gasteiger partial charge in [-0.1, -0.05) is 195 Å². The first-order valence-electron chi connectivity index (χ1n) is 24.2. The summed E-state index contributed by atoms with van der Waals surface area (Å²) < 4.78 is 0. The molecular formula is C67H46N2. The second-order valence-electron chi connectivity index (χ2n) is 18.7. The molecule has 10 aromatic rings. The third-order valence-electron chi connectivity index (χ3n) is 15.0. The van der Waals surface area contributed by atoms with Crippen molar-refractivity contribution in [3.63, 3.8) is 0 Å². The number of fused-ring (bicyclic) bond motifs is 8. The van der Waals surface area contributed by atoms with Gasteiger partial charge in [0.25, 0.3) is 0 Å². The summed E-state index contributed by atoms with van der Waals surface area (Å²) in [5, 5.41) is 8.78. The van der Waals surface area contributed by atoms with Crippen LogP contribution in [0.1, 0.15) is 57.3 Å². The molecule has 2 N–H and O–H groups in total. The first kappa shape index (κ1) is 39.4. The zero-order valence-corrected chi connectivity index (χ0v) is 38.1.